The van der Waals surface area contributed by atoms with Gasteiger partial charge in [0.25, 0.3) is 0 Å². The van der Waals surface area contributed by atoms with Crippen molar-refractivity contribution in [3.05, 3.63) is 18.0 Å². The van der Waals surface area contributed by atoms with Gasteiger partial charge in [-0.15, -0.1) is 0 Å². The van der Waals surface area contributed by atoms with Gasteiger partial charge >= 0.3 is 12.1 Å². The molecule has 1 heterocycles. The zero-order valence-electron chi connectivity index (χ0n) is 9.87. The molecule has 1 aliphatic rings. The molecule has 1 aliphatic carbocycles. The Morgan fingerprint density at radius 3 is 2.63 bits per heavy atom. The summed E-state index contributed by atoms with van der Waals surface area (Å²) in [5, 5.41) is 11.7. The molecule has 0 amide bonds. The molecule has 2 rings (SSSR count). The van der Waals surface area contributed by atoms with Crippen LogP contribution in [0.25, 0.3) is 0 Å². The number of carboxylic acids is 1. The third-order valence-electron chi connectivity index (χ3n) is 3.30. The van der Waals surface area contributed by atoms with Crippen LogP contribution in [0.1, 0.15) is 25.0 Å². The van der Waals surface area contributed by atoms with E-state index in [1.807, 2.05) is 0 Å². The summed E-state index contributed by atoms with van der Waals surface area (Å²) in [6.07, 6.45) is -1.73. The Morgan fingerprint density at radius 1 is 1.47 bits per heavy atom. The highest BCUT2D eigenvalue weighted by molar-refractivity contribution is 5.76. The van der Waals surface area contributed by atoms with Gasteiger partial charge in [0.1, 0.15) is 5.69 Å². The first kappa shape index (κ1) is 13.6. The minimum atomic E-state index is -4.54. The Morgan fingerprint density at radius 2 is 2.16 bits per heavy atom. The Balaban J connectivity index is 2.06. The fourth-order valence-electron chi connectivity index (χ4n) is 1.92. The largest absolute Gasteiger partial charge is 0.481 e. The van der Waals surface area contributed by atoms with Crippen molar-refractivity contribution in [1.82, 2.24) is 9.97 Å². The molecular weight excluding hydrogens is 263 g/mol. The van der Waals surface area contributed by atoms with Crippen LogP contribution in [0.4, 0.5) is 19.1 Å². The maximum atomic E-state index is 12.4. The third kappa shape index (κ3) is 2.77. The van der Waals surface area contributed by atoms with Gasteiger partial charge in [-0.25, -0.2) is 9.97 Å². The summed E-state index contributed by atoms with van der Waals surface area (Å²) in [7, 11) is 0. The van der Waals surface area contributed by atoms with E-state index < -0.39 is 23.3 Å². The Kier molecular flexibility index (Phi) is 3.34. The molecule has 0 unspecified atom stereocenters. The van der Waals surface area contributed by atoms with Gasteiger partial charge in [0.2, 0.25) is 5.95 Å². The van der Waals surface area contributed by atoms with Crippen LogP contribution >= 0.6 is 0 Å². The SMILES string of the molecule is O=C(O)C1(CNc2nccc(C(F)(F)F)n2)CCC1. The molecule has 0 atom stereocenters. The monoisotopic (exact) mass is 275 g/mol. The number of alkyl halides is 3. The Labute approximate surface area is 106 Å². The van der Waals surface area contributed by atoms with Gasteiger partial charge in [-0.3, -0.25) is 4.79 Å². The van der Waals surface area contributed by atoms with E-state index in [2.05, 4.69) is 15.3 Å². The third-order valence-corrected chi connectivity index (χ3v) is 3.30. The molecule has 2 N–H and O–H groups in total. The lowest BCUT2D eigenvalue weighted by molar-refractivity contribution is -0.153. The van der Waals surface area contributed by atoms with Gasteiger partial charge in [0.05, 0.1) is 5.41 Å². The summed E-state index contributed by atoms with van der Waals surface area (Å²) in [5.41, 5.74) is -1.96. The summed E-state index contributed by atoms with van der Waals surface area (Å²) in [6.45, 7) is 0.0314. The van der Waals surface area contributed by atoms with Crippen LogP contribution in [0.5, 0.6) is 0 Å². The van der Waals surface area contributed by atoms with Crippen LogP contribution in [0, 0.1) is 5.41 Å². The molecule has 0 bridgehead atoms. The number of carbonyl (C=O) groups is 1. The normalized spacial score (nSPS) is 17.6. The van der Waals surface area contributed by atoms with Gasteiger partial charge < -0.3 is 10.4 Å². The standard InChI is InChI=1S/C11H12F3N3O2/c12-11(13,14)7-2-5-15-9(17-7)16-6-10(8(18)19)3-1-4-10/h2,5H,1,3-4,6H2,(H,18,19)(H,15,16,17). The molecule has 5 nitrogen and oxygen atoms in total. The molecule has 0 aliphatic heterocycles. The number of hydrogen-bond acceptors (Lipinski definition) is 4. The second-order valence-corrected chi connectivity index (χ2v) is 4.56. The number of halogens is 3. The van der Waals surface area contributed by atoms with Crippen LogP contribution in [-0.2, 0) is 11.0 Å². The van der Waals surface area contributed by atoms with E-state index in [4.69, 9.17) is 5.11 Å². The summed E-state index contributed by atoms with van der Waals surface area (Å²) in [5.74, 6) is -1.15. The van der Waals surface area contributed by atoms with Crippen molar-refractivity contribution in [3.8, 4) is 0 Å². The zero-order valence-corrected chi connectivity index (χ0v) is 9.87. The zero-order chi connectivity index (χ0) is 14.1. The van der Waals surface area contributed by atoms with Crippen molar-refractivity contribution in [2.24, 2.45) is 5.41 Å². The van der Waals surface area contributed by atoms with Gasteiger partial charge in [-0.1, -0.05) is 6.42 Å². The minimum absolute atomic E-state index is 0.0314. The molecular formula is C11H12F3N3O2. The molecule has 104 valence electrons. The summed E-state index contributed by atoms with van der Waals surface area (Å²) >= 11 is 0. The van der Waals surface area contributed by atoms with Gasteiger partial charge in [0, 0.05) is 12.7 Å². The van der Waals surface area contributed by atoms with E-state index in [0.29, 0.717) is 12.8 Å². The van der Waals surface area contributed by atoms with Crippen molar-refractivity contribution in [3.63, 3.8) is 0 Å². The van der Waals surface area contributed by atoms with E-state index in [-0.39, 0.29) is 12.5 Å². The predicted octanol–water partition coefficient (Wildman–Crippen LogP) is 2.16. The lowest BCUT2D eigenvalue weighted by Gasteiger charge is -2.37. The first-order chi connectivity index (χ1) is 8.83. The number of nitrogens with one attached hydrogen (secondary N) is 1. The highest BCUT2D eigenvalue weighted by Gasteiger charge is 2.44. The van der Waals surface area contributed by atoms with Crippen molar-refractivity contribution in [2.45, 2.75) is 25.4 Å². The fourth-order valence-corrected chi connectivity index (χ4v) is 1.92. The van der Waals surface area contributed by atoms with Gasteiger partial charge in [-0.05, 0) is 18.9 Å². The van der Waals surface area contributed by atoms with E-state index in [9.17, 15) is 18.0 Å². The Hall–Kier alpha value is -1.86. The fraction of sp³-hybridized carbons (Fsp3) is 0.545. The quantitative estimate of drug-likeness (QED) is 0.880. The lowest BCUT2D eigenvalue weighted by Crippen LogP contribution is -2.43. The number of rotatable bonds is 4. The molecule has 0 aromatic carbocycles. The number of nitrogens with zero attached hydrogens (tertiary/aromatic N) is 2. The first-order valence-electron chi connectivity index (χ1n) is 5.71. The van der Waals surface area contributed by atoms with E-state index >= 15 is 0 Å². The van der Waals surface area contributed by atoms with Crippen LogP contribution in [-0.4, -0.2) is 27.6 Å². The maximum Gasteiger partial charge on any atom is 0.433 e. The molecule has 0 saturated heterocycles. The van der Waals surface area contributed by atoms with Crippen molar-refractivity contribution in [1.29, 1.82) is 0 Å². The molecule has 1 saturated carbocycles. The van der Waals surface area contributed by atoms with Crippen LogP contribution in [0.15, 0.2) is 12.3 Å². The number of aromatic nitrogens is 2. The predicted molar refractivity (Wildman–Crippen MR) is 59.4 cm³/mol. The second-order valence-electron chi connectivity index (χ2n) is 4.56. The highest BCUT2D eigenvalue weighted by Crippen LogP contribution is 2.41. The highest BCUT2D eigenvalue weighted by atomic mass is 19.4. The van der Waals surface area contributed by atoms with Gasteiger partial charge in [0.15, 0.2) is 0 Å². The number of hydrogen-bond donors (Lipinski definition) is 2. The molecule has 1 aromatic heterocycles. The number of anilines is 1. The average Bonchev–Trinajstić information content (AvgIpc) is 2.26. The molecule has 1 fully saturated rings. The van der Waals surface area contributed by atoms with Crippen molar-refractivity contribution >= 4 is 11.9 Å². The maximum absolute atomic E-state index is 12.4. The topological polar surface area (TPSA) is 75.1 Å². The Bertz CT molecular complexity index is 486. The molecule has 0 spiro atoms. The van der Waals surface area contributed by atoms with Crippen LogP contribution < -0.4 is 5.32 Å². The van der Waals surface area contributed by atoms with Crippen LogP contribution in [0.2, 0.25) is 0 Å². The number of carboxylic acid groups (broad SMARTS) is 1. The van der Waals surface area contributed by atoms with Gasteiger partial charge in [-0.2, -0.15) is 13.2 Å². The first-order valence-corrected chi connectivity index (χ1v) is 5.71. The summed E-state index contributed by atoms with van der Waals surface area (Å²) in [6, 6.07) is 0.765. The van der Waals surface area contributed by atoms with E-state index in [1.165, 1.54) is 0 Å². The average molecular weight is 275 g/mol. The number of aliphatic carboxylic acids is 1. The summed E-state index contributed by atoms with van der Waals surface area (Å²) in [4.78, 5) is 18.1. The molecule has 19 heavy (non-hydrogen) atoms. The second kappa shape index (κ2) is 4.67. The van der Waals surface area contributed by atoms with Crippen molar-refractivity contribution < 1.29 is 23.1 Å². The van der Waals surface area contributed by atoms with E-state index in [0.717, 1.165) is 18.7 Å². The molecule has 0 radical (unpaired) electrons. The molecule has 8 heteroatoms. The van der Waals surface area contributed by atoms with E-state index in [1.54, 1.807) is 0 Å². The lowest BCUT2D eigenvalue weighted by atomic mass is 9.69. The summed E-state index contributed by atoms with van der Waals surface area (Å²) < 4.78 is 37.3. The van der Waals surface area contributed by atoms with Crippen molar-refractivity contribution in [2.75, 3.05) is 11.9 Å². The minimum Gasteiger partial charge on any atom is -0.481 e. The smallest absolute Gasteiger partial charge is 0.433 e. The van der Waals surface area contributed by atoms with Crippen LogP contribution in [0.3, 0.4) is 0 Å². The molecule has 1 aromatic rings.